The van der Waals surface area contributed by atoms with Gasteiger partial charge in [-0.1, -0.05) is 6.92 Å². The molecule has 5 heteroatoms. The van der Waals surface area contributed by atoms with Gasteiger partial charge in [0.25, 0.3) is 0 Å². The minimum absolute atomic E-state index is 0.0116. The van der Waals surface area contributed by atoms with E-state index in [4.69, 9.17) is 9.84 Å². The molecule has 0 aromatic heterocycles. The van der Waals surface area contributed by atoms with Crippen LogP contribution in [0, 0.1) is 0 Å². The van der Waals surface area contributed by atoms with Crippen LogP contribution in [0.4, 0.5) is 4.79 Å². The molecule has 2 N–H and O–H groups in total. The zero-order valence-corrected chi connectivity index (χ0v) is 9.82. The molecule has 0 spiro atoms. The van der Waals surface area contributed by atoms with E-state index < -0.39 is 0 Å². The Labute approximate surface area is 91.4 Å². The molecule has 0 aliphatic rings. The van der Waals surface area contributed by atoms with Gasteiger partial charge in [0.1, 0.15) is 0 Å². The molecule has 0 saturated heterocycles. The van der Waals surface area contributed by atoms with E-state index in [1.807, 2.05) is 13.8 Å². The molecule has 0 radical (unpaired) electrons. The van der Waals surface area contributed by atoms with Gasteiger partial charge in [0.15, 0.2) is 0 Å². The third-order valence-electron chi connectivity index (χ3n) is 2.23. The highest BCUT2D eigenvalue weighted by Gasteiger charge is 2.14. The molecule has 2 amide bonds. The molecular weight excluding hydrogens is 196 g/mol. The topological polar surface area (TPSA) is 61.8 Å². The molecule has 0 aliphatic carbocycles. The number of nitrogens with one attached hydrogen (secondary N) is 1. The number of hydrogen-bond acceptors (Lipinski definition) is 3. The highest BCUT2D eigenvalue weighted by molar-refractivity contribution is 5.74. The number of urea groups is 1. The normalized spacial score (nSPS) is 12.3. The van der Waals surface area contributed by atoms with Crippen LogP contribution in [0.1, 0.15) is 20.3 Å². The summed E-state index contributed by atoms with van der Waals surface area (Å²) >= 11 is 0. The average molecular weight is 218 g/mol. The SMILES string of the molecule is CCC(COC)NC(=O)N(CC)CCO. The number of hydrogen-bond donors (Lipinski definition) is 2. The molecule has 0 saturated carbocycles. The van der Waals surface area contributed by atoms with Gasteiger partial charge >= 0.3 is 6.03 Å². The molecule has 0 aromatic rings. The van der Waals surface area contributed by atoms with Crippen molar-refractivity contribution in [3.8, 4) is 0 Å². The summed E-state index contributed by atoms with van der Waals surface area (Å²) < 4.78 is 4.99. The summed E-state index contributed by atoms with van der Waals surface area (Å²) in [6, 6.07) is -0.106. The second kappa shape index (κ2) is 8.49. The van der Waals surface area contributed by atoms with E-state index in [9.17, 15) is 4.79 Å². The van der Waals surface area contributed by atoms with E-state index in [-0.39, 0.29) is 18.7 Å². The van der Waals surface area contributed by atoms with E-state index in [2.05, 4.69) is 5.32 Å². The van der Waals surface area contributed by atoms with Crippen LogP contribution < -0.4 is 5.32 Å². The fourth-order valence-electron chi connectivity index (χ4n) is 1.25. The number of carbonyl (C=O) groups excluding carboxylic acids is 1. The number of nitrogens with zero attached hydrogens (tertiary/aromatic N) is 1. The van der Waals surface area contributed by atoms with Crippen LogP contribution >= 0.6 is 0 Å². The third-order valence-corrected chi connectivity index (χ3v) is 2.23. The molecule has 0 rings (SSSR count). The first-order valence-corrected chi connectivity index (χ1v) is 5.34. The van der Waals surface area contributed by atoms with Crippen molar-refractivity contribution < 1.29 is 14.6 Å². The number of aliphatic hydroxyl groups is 1. The summed E-state index contributed by atoms with van der Waals surface area (Å²) in [7, 11) is 1.61. The van der Waals surface area contributed by atoms with E-state index in [0.717, 1.165) is 6.42 Å². The summed E-state index contributed by atoms with van der Waals surface area (Å²) in [6.07, 6.45) is 0.830. The van der Waals surface area contributed by atoms with Crippen molar-refractivity contribution in [1.82, 2.24) is 10.2 Å². The lowest BCUT2D eigenvalue weighted by Crippen LogP contribution is -2.47. The zero-order chi connectivity index (χ0) is 11.7. The zero-order valence-electron chi connectivity index (χ0n) is 9.82. The lowest BCUT2D eigenvalue weighted by atomic mass is 10.2. The van der Waals surface area contributed by atoms with Crippen LogP contribution in [-0.4, -0.2) is 55.5 Å². The van der Waals surface area contributed by atoms with Gasteiger partial charge in [0, 0.05) is 20.2 Å². The molecule has 0 fully saturated rings. The number of amides is 2. The van der Waals surface area contributed by atoms with E-state index >= 15 is 0 Å². The van der Waals surface area contributed by atoms with E-state index in [0.29, 0.717) is 19.7 Å². The number of methoxy groups -OCH3 is 1. The quantitative estimate of drug-likeness (QED) is 0.651. The van der Waals surface area contributed by atoms with Gasteiger partial charge in [-0.3, -0.25) is 0 Å². The third kappa shape index (κ3) is 5.59. The summed E-state index contributed by atoms with van der Waals surface area (Å²) in [5.74, 6) is 0. The number of ether oxygens (including phenoxy) is 1. The molecule has 90 valence electrons. The smallest absolute Gasteiger partial charge is 0.317 e. The van der Waals surface area contributed by atoms with Gasteiger partial charge in [-0.15, -0.1) is 0 Å². The lowest BCUT2D eigenvalue weighted by Gasteiger charge is -2.24. The van der Waals surface area contributed by atoms with Crippen LogP contribution in [-0.2, 0) is 4.74 Å². The van der Waals surface area contributed by atoms with Crippen molar-refractivity contribution >= 4 is 6.03 Å². The van der Waals surface area contributed by atoms with Crippen molar-refractivity contribution in [2.24, 2.45) is 0 Å². The summed E-state index contributed by atoms with van der Waals surface area (Å²) in [5, 5.41) is 11.6. The summed E-state index contributed by atoms with van der Waals surface area (Å²) in [6.45, 7) is 5.33. The predicted molar refractivity (Wildman–Crippen MR) is 58.8 cm³/mol. The van der Waals surface area contributed by atoms with Crippen LogP contribution in [0.5, 0.6) is 0 Å². The Morgan fingerprint density at radius 1 is 1.53 bits per heavy atom. The van der Waals surface area contributed by atoms with Crippen molar-refractivity contribution in [3.63, 3.8) is 0 Å². The van der Waals surface area contributed by atoms with Crippen molar-refractivity contribution in [2.75, 3.05) is 33.4 Å². The van der Waals surface area contributed by atoms with Gasteiger partial charge in [-0.25, -0.2) is 4.79 Å². The summed E-state index contributed by atoms with van der Waals surface area (Å²) in [4.78, 5) is 13.2. The molecule has 1 unspecified atom stereocenters. The maximum absolute atomic E-state index is 11.7. The molecule has 15 heavy (non-hydrogen) atoms. The van der Waals surface area contributed by atoms with Gasteiger partial charge in [-0.05, 0) is 13.3 Å². The van der Waals surface area contributed by atoms with Gasteiger partial charge < -0.3 is 20.1 Å². The van der Waals surface area contributed by atoms with E-state index in [1.54, 1.807) is 12.0 Å². The Balaban J connectivity index is 4.05. The number of carbonyl (C=O) groups is 1. The fourth-order valence-corrected chi connectivity index (χ4v) is 1.25. The predicted octanol–water partition coefficient (Wildman–Crippen LogP) is 0.435. The average Bonchev–Trinajstić information content (AvgIpc) is 2.24. The Kier molecular flexibility index (Phi) is 8.04. The number of likely N-dealkylation sites (N-methyl/N-ethyl adjacent to an activating group) is 1. The minimum Gasteiger partial charge on any atom is -0.395 e. The Morgan fingerprint density at radius 3 is 2.60 bits per heavy atom. The first-order valence-electron chi connectivity index (χ1n) is 5.34. The molecule has 0 bridgehead atoms. The summed E-state index contributed by atoms with van der Waals surface area (Å²) in [5.41, 5.74) is 0. The van der Waals surface area contributed by atoms with Gasteiger partial charge in [-0.2, -0.15) is 0 Å². The Morgan fingerprint density at radius 2 is 2.20 bits per heavy atom. The largest absolute Gasteiger partial charge is 0.395 e. The monoisotopic (exact) mass is 218 g/mol. The van der Waals surface area contributed by atoms with E-state index in [1.165, 1.54) is 0 Å². The van der Waals surface area contributed by atoms with Crippen LogP contribution in [0.15, 0.2) is 0 Å². The maximum Gasteiger partial charge on any atom is 0.317 e. The number of aliphatic hydroxyl groups excluding tert-OH is 1. The molecule has 0 aliphatic heterocycles. The van der Waals surface area contributed by atoms with Crippen LogP contribution in [0.3, 0.4) is 0 Å². The first-order chi connectivity index (χ1) is 7.19. The highest BCUT2D eigenvalue weighted by atomic mass is 16.5. The fraction of sp³-hybridized carbons (Fsp3) is 0.900. The van der Waals surface area contributed by atoms with Gasteiger partial charge in [0.05, 0.1) is 19.3 Å². The number of rotatable bonds is 7. The first kappa shape index (κ1) is 14.2. The van der Waals surface area contributed by atoms with Crippen molar-refractivity contribution in [2.45, 2.75) is 26.3 Å². The molecule has 5 nitrogen and oxygen atoms in total. The highest BCUT2D eigenvalue weighted by Crippen LogP contribution is 1.95. The van der Waals surface area contributed by atoms with Crippen LogP contribution in [0.25, 0.3) is 0 Å². The molecule has 0 aromatic carbocycles. The minimum atomic E-state index is -0.143. The molecule has 1 atom stereocenters. The van der Waals surface area contributed by atoms with Gasteiger partial charge in [0.2, 0.25) is 0 Å². The standard InChI is InChI=1S/C10H22N2O3/c1-4-9(8-15-3)11-10(14)12(5-2)6-7-13/h9,13H,4-8H2,1-3H3,(H,11,14). The second-order valence-corrected chi connectivity index (χ2v) is 3.31. The lowest BCUT2D eigenvalue weighted by molar-refractivity contribution is 0.148. The maximum atomic E-state index is 11.7. The Bertz CT molecular complexity index is 176. The second-order valence-electron chi connectivity index (χ2n) is 3.31. The Hall–Kier alpha value is -0.810. The molecular formula is C10H22N2O3. The molecule has 0 heterocycles. The van der Waals surface area contributed by atoms with Crippen molar-refractivity contribution in [3.05, 3.63) is 0 Å². The van der Waals surface area contributed by atoms with Crippen LogP contribution in [0.2, 0.25) is 0 Å². The van der Waals surface area contributed by atoms with Crippen molar-refractivity contribution in [1.29, 1.82) is 0 Å².